The third kappa shape index (κ3) is 5.10. The van der Waals surface area contributed by atoms with Crippen molar-refractivity contribution in [1.82, 2.24) is 19.9 Å². The minimum Gasteiger partial charge on any atom is -0.228 e. The highest BCUT2D eigenvalue weighted by atomic mass is 14.9. The van der Waals surface area contributed by atoms with Crippen molar-refractivity contribution in [2.75, 3.05) is 0 Å². The van der Waals surface area contributed by atoms with Crippen molar-refractivity contribution in [1.29, 1.82) is 0 Å². The lowest BCUT2D eigenvalue weighted by Crippen LogP contribution is -1.97. The highest BCUT2D eigenvalue weighted by Gasteiger charge is 2.16. The molecule has 0 aliphatic heterocycles. The molecule has 0 bridgehead atoms. The summed E-state index contributed by atoms with van der Waals surface area (Å²) in [6.45, 7) is 4.26. The van der Waals surface area contributed by atoms with E-state index in [0.717, 1.165) is 78.2 Å². The molecule has 8 rings (SSSR count). The van der Waals surface area contributed by atoms with Crippen LogP contribution in [0.1, 0.15) is 11.1 Å². The summed E-state index contributed by atoms with van der Waals surface area (Å²) in [5.41, 5.74) is 12.5. The Bertz CT molecular complexity index is 2350. The number of hydrogen-bond donors (Lipinski definition) is 0. The van der Waals surface area contributed by atoms with Gasteiger partial charge in [0.25, 0.3) is 0 Å². The van der Waals surface area contributed by atoms with Gasteiger partial charge < -0.3 is 0 Å². The Morgan fingerprint density at radius 1 is 0.370 bits per heavy atom. The monoisotopic (exact) mass is 590 g/mol. The molecule has 6 aromatic carbocycles. The van der Waals surface area contributed by atoms with Crippen LogP contribution in [0.3, 0.4) is 0 Å². The van der Waals surface area contributed by atoms with Crippen LogP contribution in [-0.4, -0.2) is 19.9 Å². The first-order chi connectivity index (χ1) is 22.6. The Kier molecular flexibility index (Phi) is 6.88. The zero-order valence-corrected chi connectivity index (χ0v) is 25.6. The summed E-state index contributed by atoms with van der Waals surface area (Å²) in [6, 6.07) is 50.3. The van der Waals surface area contributed by atoms with Crippen LogP contribution < -0.4 is 0 Å². The van der Waals surface area contributed by atoms with Crippen LogP contribution in [0, 0.1) is 13.8 Å². The number of fused-ring (bicyclic) bond motifs is 2. The lowest BCUT2D eigenvalue weighted by molar-refractivity contribution is 1.22. The van der Waals surface area contributed by atoms with E-state index in [0.29, 0.717) is 0 Å². The quantitative estimate of drug-likeness (QED) is 0.200. The minimum absolute atomic E-state index is 0.720. The van der Waals surface area contributed by atoms with E-state index in [-0.39, 0.29) is 0 Å². The van der Waals surface area contributed by atoms with E-state index < -0.39 is 0 Å². The van der Waals surface area contributed by atoms with Gasteiger partial charge in [-0.25, -0.2) is 19.9 Å². The molecule has 8 aromatic rings. The minimum atomic E-state index is 0.720. The molecule has 0 aliphatic carbocycles. The highest BCUT2D eigenvalue weighted by Crippen LogP contribution is 2.36. The molecule has 4 heteroatoms. The highest BCUT2D eigenvalue weighted by molar-refractivity contribution is 5.98. The lowest BCUT2D eigenvalue weighted by Gasteiger charge is -2.14. The van der Waals surface area contributed by atoms with E-state index in [2.05, 4.69) is 117 Å². The number of benzene rings is 6. The summed E-state index contributed by atoms with van der Waals surface area (Å²) in [5, 5.41) is 2.08. The summed E-state index contributed by atoms with van der Waals surface area (Å²) in [4.78, 5) is 20.2. The van der Waals surface area contributed by atoms with Gasteiger partial charge in [-0.1, -0.05) is 127 Å². The molecule has 46 heavy (non-hydrogen) atoms. The van der Waals surface area contributed by atoms with Gasteiger partial charge in [0, 0.05) is 33.0 Å². The van der Waals surface area contributed by atoms with Gasteiger partial charge in [-0.2, -0.15) is 0 Å². The molecular weight excluding hydrogens is 560 g/mol. The topological polar surface area (TPSA) is 51.6 Å². The molecule has 0 atom stereocenters. The fraction of sp³-hybridized carbons (Fsp3) is 0.0476. The van der Waals surface area contributed by atoms with E-state index in [1.54, 1.807) is 0 Å². The Labute approximate surface area is 268 Å². The first kappa shape index (κ1) is 27.5. The van der Waals surface area contributed by atoms with Crippen molar-refractivity contribution in [3.63, 3.8) is 0 Å². The largest absolute Gasteiger partial charge is 0.228 e. The fourth-order valence-corrected chi connectivity index (χ4v) is 6.11. The van der Waals surface area contributed by atoms with Crippen LogP contribution >= 0.6 is 0 Å². The van der Waals surface area contributed by atoms with Crippen LogP contribution in [0.5, 0.6) is 0 Å². The first-order valence-electron chi connectivity index (χ1n) is 15.5. The Hall–Kier alpha value is -6.00. The predicted octanol–water partition coefficient (Wildman–Crippen LogP) is 10.5. The Balaban J connectivity index is 1.25. The molecule has 0 fully saturated rings. The summed E-state index contributed by atoms with van der Waals surface area (Å²) < 4.78 is 0. The molecule has 0 saturated carbocycles. The van der Waals surface area contributed by atoms with E-state index in [4.69, 9.17) is 19.9 Å². The maximum absolute atomic E-state index is 5.08. The molecule has 0 amide bonds. The Morgan fingerprint density at radius 3 is 1.43 bits per heavy atom. The van der Waals surface area contributed by atoms with E-state index in [9.17, 15) is 0 Å². The molecule has 0 aliphatic rings. The second kappa shape index (κ2) is 11.5. The average Bonchev–Trinajstić information content (AvgIpc) is 3.11. The molecule has 4 nitrogen and oxygen atoms in total. The molecule has 2 aromatic heterocycles. The smallest absolute Gasteiger partial charge is 0.160 e. The lowest BCUT2D eigenvalue weighted by atomic mass is 9.95. The molecule has 218 valence electrons. The summed E-state index contributed by atoms with van der Waals surface area (Å²) in [6.07, 6.45) is 0. The summed E-state index contributed by atoms with van der Waals surface area (Å²) in [5.74, 6) is 1.45. The number of aromatic nitrogens is 4. The van der Waals surface area contributed by atoms with Crippen molar-refractivity contribution in [2.45, 2.75) is 13.8 Å². The van der Waals surface area contributed by atoms with Gasteiger partial charge in [-0.15, -0.1) is 0 Å². The second-order valence-corrected chi connectivity index (χ2v) is 11.7. The van der Waals surface area contributed by atoms with Crippen LogP contribution in [0.25, 0.3) is 78.2 Å². The average molecular weight is 591 g/mol. The van der Waals surface area contributed by atoms with Crippen molar-refractivity contribution in [2.24, 2.45) is 0 Å². The van der Waals surface area contributed by atoms with Crippen LogP contribution in [0.4, 0.5) is 0 Å². The SMILES string of the molecule is Cc1ccc2c(-c3ccc(-c4cc5nc(-c6ccccc6)nc(-c6ccccc6)c5cc4C)cc3)nc(-c3ccccc3)nc2c1. The molecule has 0 radical (unpaired) electrons. The van der Waals surface area contributed by atoms with Crippen molar-refractivity contribution < 1.29 is 0 Å². The van der Waals surface area contributed by atoms with E-state index >= 15 is 0 Å². The second-order valence-electron chi connectivity index (χ2n) is 11.7. The maximum Gasteiger partial charge on any atom is 0.160 e. The van der Waals surface area contributed by atoms with Crippen LogP contribution in [0.2, 0.25) is 0 Å². The molecule has 0 saturated heterocycles. The van der Waals surface area contributed by atoms with Gasteiger partial charge in [0.2, 0.25) is 0 Å². The van der Waals surface area contributed by atoms with E-state index in [1.807, 2.05) is 42.5 Å². The zero-order valence-electron chi connectivity index (χ0n) is 25.6. The number of rotatable bonds is 5. The van der Waals surface area contributed by atoms with Gasteiger partial charge in [0.05, 0.1) is 22.4 Å². The van der Waals surface area contributed by atoms with Gasteiger partial charge in [0.1, 0.15) is 0 Å². The molecule has 0 unspecified atom stereocenters. The molecular formula is C42H30N4. The van der Waals surface area contributed by atoms with Crippen molar-refractivity contribution in [3.05, 3.63) is 157 Å². The fourth-order valence-electron chi connectivity index (χ4n) is 6.11. The normalized spacial score (nSPS) is 11.3. The first-order valence-corrected chi connectivity index (χ1v) is 15.5. The third-order valence-corrected chi connectivity index (χ3v) is 8.47. The number of aryl methyl sites for hydroxylation is 2. The van der Waals surface area contributed by atoms with E-state index in [1.165, 1.54) is 11.1 Å². The molecule has 0 spiro atoms. The summed E-state index contributed by atoms with van der Waals surface area (Å²) in [7, 11) is 0. The van der Waals surface area contributed by atoms with Gasteiger partial charge in [-0.05, 0) is 54.3 Å². The number of nitrogens with zero attached hydrogens (tertiary/aromatic N) is 4. The molecule has 0 N–H and O–H groups in total. The standard InChI is InChI=1S/C42H30N4/c1-27-18-23-34-37(24-27)43-41(32-14-8-4-9-15-32)45-39(34)31-21-19-29(20-22-31)35-26-38-36(25-28(35)2)40(30-12-6-3-7-13-30)46-42(44-38)33-16-10-5-11-17-33/h3-26H,1-2H3. The number of hydrogen-bond acceptors (Lipinski definition) is 4. The third-order valence-electron chi connectivity index (χ3n) is 8.47. The summed E-state index contributed by atoms with van der Waals surface area (Å²) >= 11 is 0. The van der Waals surface area contributed by atoms with Gasteiger partial charge >= 0.3 is 0 Å². The zero-order chi connectivity index (χ0) is 31.0. The molecule has 2 heterocycles. The van der Waals surface area contributed by atoms with Crippen LogP contribution in [-0.2, 0) is 0 Å². The Morgan fingerprint density at radius 2 is 0.848 bits per heavy atom. The van der Waals surface area contributed by atoms with Crippen LogP contribution in [0.15, 0.2) is 146 Å². The maximum atomic E-state index is 5.08. The van der Waals surface area contributed by atoms with Gasteiger partial charge in [0.15, 0.2) is 11.6 Å². The predicted molar refractivity (Wildman–Crippen MR) is 189 cm³/mol. The van der Waals surface area contributed by atoms with Crippen molar-refractivity contribution in [3.8, 4) is 56.4 Å². The van der Waals surface area contributed by atoms with Gasteiger partial charge in [-0.3, -0.25) is 0 Å². The van der Waals surface area contributed by atoms with Crippen molar-refractivity contribution >= 4 is 21.8 Å².